The number of aryl methyl sites for hydroxylation is 1. The van der Waals surface area contributed by atoms with E-state index >= 15 is 0 Å². The van der Waals surface area contributed by atoms with Gasteiger partial charge in [0.2, 0.25) is 0 Å². The van der Waals surface area contributed by atoms with Gasteiger partial charge in [-0.3, -0.25) is 0 Å². The summed E-state index contributed by atoms with van der Waals surface area (Å²) in [5.74, 6) is -2.08. The van der Waals surface area contributed by atoms with Crippen LogP contribution in [0.1, 0.15) is 22.8 Å². The largest absolute Gasteiger partial charge is 0.383 e. The van der Waals surface area contributed by atoms with Crippen molar-refractivity contribution in [2.75, 3.05) is 0 Å². The van der Waals surface area contributed by atoms with E-state index in [9.17, 15) is 18.3 Å². The molecule has 1 nitrogen and oxygen atoms in total. The van der Waals surface area contributed by atoms with Gasteiger partial charge in [0.25, 0.3) is 0 Å². The van der Waals surface area contributed by atoms with Crippen molar-refractivity contribution in [3.8, 4) is 0 Å². The topological polar surface area (TPSA) is 20.2 Å². The first-order valence-corrected chi connectivity index (χ1v) is 6.57. The third kappa shape index (κ3) is 2.76. The lowest BCUT2D eigenvalue weighted by atomic mass is 9.98. The highest BCUT2D eigenvalue weighted by molar-refractivity contribution is 14.1. The van der Waals surface area contributed by atoms with E-state index in [1.54, 1.807) is 0 Å². The molecule has 0 aliphatic carbocycles. The van der Waals surface area contributed by atoms with Crippen molar-refractivity contribution < 1.29 is 18.3 Å². The lowest BCUT2D eigenvalue weighted by Crippen LogP contribution is -2.08. The molecule has 0 bridgehead atoms. The van der Waals surface area contributed by atoms with Gasteiger partial charge in [0.05, 0.1) is 5.56 Å². The zero-order valence-corrected chi connectivity index (χ0v) is 12.1. The second-order valence-corrected chi connectivity index (χ2v) is 5.32. The normalized spacial score (nSPS) is 12.5. The van der Waals surface area contributed by atoms with Crippen LogP contribution in [0.3, 0.4) is 0 Å². The maximum absolute atomic E-state index is 13.9. The maximum atomic E-state index is 13.9. The molecule has 2 rings (SSSR count). The molecule has 5 heteroatoms. The van der Waals surface area contributed by atoms with Crippen LogP contribution in [-0.2, 0) is 0 Å². The van der Waals surface area contributed by atoms with Gasteiger partial charge in [-0.15, -0.1) is 0 Å². The van der Waals surface area contributed by atoms with E-state index < -0.39 is 29.1 Å². The molecule has 19 heavy (non-hydrogen) atoms. The number of aliphatic hydroxyl groups is 1. The standard InChI is InChI=1S/C14H10F3IO/c1-7-2-5-10(16)12(13(7)17)14(19)9-4-3-8(15)6-11(9)18/h2-6,14,19H,1H3. The van der Waals surface area contributed by atoms with E-state index in [2.05, 4.69) is 0 Å². The summed E-state index contributed by atoms with van der Waals surface area (Å²) in [6.07, 6.45) is -1.47. The first-order valence-electron chi connectivity index (χ1n) is 5.49. The molecule has 2 aromatic carbocycles. The van der Waals surface area contributed by atoms with Gasteiger partial charge in [-0.25, -0.2) is 13.2 Å². The molecular weight excluding hydrogens is 368 g/mol. The van der Waals surface area contributed by atoms with Crippen molar-refractivity contribution in [2.45, 2.75) is 13.0 Å². The van der Waals surface area contributed by atoms with Gasteiger partial charge in [-0.05, 0) is 58.8 Å². The fraction of sp³-hybridized carbons (Fsp3) is 0.143. The summed E-state index contributed by atoms with van der Waals surface area (Å²) < 4.78 is 41.0. The Morgan fingerprint density at radius 3 is 2.42 bits per heavy atom. The molecule has 0 heterocycles. The molecule has 0 saturated heterocycles. The second-order valence-electron chi connectivity index (χ2n) is 4.16. The highest BCUT2D eigenvalue weighted by Gasteiger charge is 2.22. The minimum absolute atomic E-state index is 0.243. The lowest BCUT2D eigenvalue weighted by molar-refractivity contribution is 0.208. The molecule has 0 spiro atoms. The molecule has 0 amide bonds. The first kappa shape index (κ1) is 14.3. The number of aliphatic hydroxyl groups excluding tert-OH is 1. The van der Waals surface area contributed by atoms with Gasteiger partial charge < -0.3 is 5.11 Å². The minimum atomic E-state index is -1.47. The van der Waals surface area contributed by atoms with Crippen molar-refractivity contribution in [2.24, 2.45) is 0 Å². The van der Waals surface area contributed by atoms with Crippen molar-refractivity contribution in [3.05, 3.63) is 68.0 Å². The van der Waals surface area contributed by atoms with Crippen LogP contribution in [0.5, 0.6) is 0 Å². The number of hydrogen-bond donors (Lipinski definition) is 1. The molecule has 0 saturated carbocycles. The van der Waals surface area contributed by atoms with Crippen LogP contribution in [0.2, 0.25) is 0 Å². The molecule has 0 radical (unpaired) electrons. The monoisotopic (exact) mass is 378 g/mol. The highest BCUT2D eigenvalue weighted by Crippen LogP contribution is 2.31. The van der Waals surface area contributed by atoms with Crippen molar-refractivity contribution in [3.63, 3.8) is 0 Å². The SMILES string of the molecule is Cc1ccc(F)c(C(O)c2ccc(F)cc2I)c1F. The van der Waals surface area contributed by atoms with E-state index in [0.29, 0.717) is 3.57 Å². The fourth-order valence-corrected chi connectivity index (χ4v) is 2.58. The molecule has 0 aliphatic heterocycles. The van der Waals surface area contributed by atoms with Gasteiger partial charge in [-0.2, -0.15) is 0 Å². The third-order valence-corrected chi connectivity index (χ3v) is 3.78. The van der Waals surface area contributed by atoms with Crippen LogP contribution >= 0.6 is 22.6 Å². The van der Waals surface area contributed by atoms with Crippen molar-refractivity contribution in [1.29, 1.82) is 0 Å². The minimum Gasteiger partial charge on any atom is -0.383 e. The number of hydrogen-bond acceptors (Lipinski definition) is 1. The predicted molar refractivity (Wildman–Crippen MR) is 74.3 cm³/mol. The molecule has 1 N–H and O–H groups in total. The van der Waals surface area contributed by atoms with Crippen LogP contribution in [0.15, 0.2) is 30.3 Å². The Hall–Kier alpha value is -1.08. The Bertz CT molecular complexity index is 628. The Morgan fingerprint density at radius 2 is 1.79 bits per heavy atom. The van der Waals surface area contributed by atoms with Gasteiger partial charge in [-0.1, -0.05) is 12.1 Å². The summed E-state index contributed by atoms with van der Waals surface area (Å²) in [5, 5.41) is 10.1. The Balaban J connectivity index is 2.56. The van der Waals surface area contributed by atoms with Crippen LogP contribution in [0.25, 0.3) is 0 Å². The van der Waals surface area contributed by atoms with E-state index in [4.69, 9.17) is 0 Å². The zero-order valence-electron chi connectivity index (χ0n) is 9.92. The fourth-order valence-electron chi connectivity index (χ4n) is 1.81. The van der Waals surface area contributed by atoms with E-state index in [1.165, 1.54) is 25.1 Å². The molecule has 100 valence electrons. The van der Waals surface area contributed by atoms with E-state index in [1.807, 2.05) is 22.6 Å². The summed E-state index contributed by atoms with van der Waals surface area (Å²) in [6, 6.07) is 6.07. The van der Waals surface area contributed by atoms with Crippen LogP contribution in [0.4, 0.5) is 13.2 Å². The maximum Gasteiger partial charge on any atom is 0.135 e. The third-order valence-electron chi connectivity index (χ3n) is 2.85. The Labute approximate surface area is 122 Å². The quantitative estimate of drug-likeness (QED) is 0.781. The van der Waals surface area contributed by atoms with E-state index in [0.717, 1.165) is 12.1 Å². The van der Waals surface area contributed by atoms with Gasteiger partial charge >= 0.3 is 0 Å². The average molecular weight is 378 g/mol. The van der Waals surface area contributed by atoms with Gasteiger partial charge in [0, 0.05) is 3.57 Å². The summed E-state index contributed by atoms with van der Waals surface area (Å²) in [4.78, 5) is 0. The zero-order chi connectivity index (χ0) is 14.2. The average Bonchev–Trinajstić information content (AvgIpc) is 2.34. The van der Waals surface area contributed by atoms with Crippen LogP contribution < -0.4 is 0 Å². The number of rotatable bonds is 2. The molecule has 2 aromatic rings. The smallest absolute Gasteiger partial charge is 0.135 e. The molecular formula is C14H10F3IO. The van der Waals surface area contributed by atoms with Crippen molar-refractivity contribution >= 4 is 22.6 Å². The molecule has 0 aliphatic rings. The van der Waals surface area contributed by atoms with Crippen LogP contribution in [0, 0.1) is 27.9 Å². The molecule has 1 atom stereocenters. The van der Waals surface area contributed by atoms with Crippen molar-refractivity contribution in [1.82, 2.24) is 0 Å². The summed E-state index contributed by atoms with van der Waals surface area (Å²) in [5.41, 5.74) is 0.0995. The number of halogens is 4. The highest BCUT2D eigenvalue weighted by atomic mass is 127. The Morgan fingerprint density at radius 1 is 1.11 bits per heavy atom. The second kappa shape index (κ2) is 5.50. The van der Waals surface area contributed by atoms with E-state index in [-0.39, 0.29) is 11.1 Å². The first-order chi connectivity index (χ1) is 8.91. The van der Waals surface area contributed by atoms with Gasteiger partial charge in [0.15, 0.2) is 0 Å². The summed E-state index contributed by atoms with van der Waals surface area (Å²) in [7, 11) is 0. The number of benzene rings is 2. The molecule has 0 aromatic heterocycles. The van der Waals surface area contributed by atoms with Gasteiger partial charge in [0.1, 0.15) is 23.6 Å². The summed E-state index contributed by atoms with van der Waals surface area (Å²) >= 11 is 1.82. The summed E-state index contributed by atoms with van der Waals surface area (Å²) in [6.45, 7) is 1.49. The molecule has 1 unspecified atom stereocenters. The Kier molecular flexibility index (Phi) is 4.15. The lowest BCUT2D eigenvalue weighted by Gasteiger charge is -2.16. The molecule has 0 fully saturated rings. The van der Waals surface area contributed by atoms with Crippen LogP contribution in [-0.4, -0.2) is 5.11 Å². The predicted octanol–water partition coefficient (Wildman–Crippen LogP) is 4.10.